The molecule has 0 radical (unpaired) electrons. The average Bonchev–Trinajstić information content (AvgIpc) is 2.61. The Hall–Kier alpha value is -2.84. The highest BCUT2D eigenvalue weighted by Gasteiger charge is 2.05. The van der Waals surface area contributed by atoms with E-state index < -0.39 is 0 Å². The van der Waals surface area contributed by atoms with E-state index in [1.54, 1.807) is 26.0 Å². The van der Waals surface area contributed by atoms with E-state index in [0.29, 0.717) is 22.9 Å². The number of benzene rings is 1. The number of nitrogens with two attached hydrogens (primary N) is 2. The quantitative estimate of drug-likeness (QED) is 0.359. The molecule has 0 aliphatic rings. The number of ether oxygens (including phenoxy) is 4. The molecule has 4 N–H and O–H groups in total. The Labute approximate surface area is 165 Å². The van der Waals surface area contributed by atoms with Crippen molar-refractivity contribution >= 4 is 11.6 Å². The van der Waals surface area contributed by atoms with Crippen LogP contribution < -0.4 is 20.9 Å². The molecule has 0 heterocycles. The number of hydrogen-bond donors (Lipinski definition) is 2. The van der Waals surface area contributed by atoms with Crippen molar-refractivity contribution in [3.63, 3.8) is 0 Å². The maximum atomic E-state index is 11.4. The molecule has 1 aromatic carbocycles. The lowest BCUT2D eigenvalue weighted by Gasteiger charge is -2.12. The lowest BCUT2D eigenvalue weighted by molar-refractivity contribution is -0.120. The summed E-state index contributed by atoms with van der Waals surface area (Å²) in [7, 11) is 0. The largest absolute Gasteiger partial charge is 0.487 e. The SMILES string of the molecule is C/C(N)=C/C(=O)COCCOc1ccccc1OCCOCC(=O)/C=C(/C)N. The Kier molecular flexibility index (Phi) is 11.1. The van der Waals surface area contributed by atoms with Crippen LogP contribution in [0.2, 0.25) is 0 Å². The summed E-state index contributed by atoms with van der Waals surface area (Å²) in [6, 6.07) is 7.16. The van der Waals surface area contributed by atoms with Gasteiger partial charge in [0.25, 0.3) is 0 Å². The van der Waals surface area contributed by atoms with Crippen molar-refractivity contribution in [2.75, 3.05) is 39.6 Å². The van der Waals surface area contributed by atoms with Gasteiger partial charge in [0.1, 0.15) is 26.4 Å². The van der Waals surface area contributed by atoms with Crippen LogP contribution in [0.1, 0.15) is 13.8 Å². The average molecular weight is 392 g/mol. The predicted octanol–water partition coefficient (Wildman–Crippen LogP) is 1.34. The van der Waals surface area contributed by atoms with Crippen molar-refractivity contribution < 1.29 is 28.5 Å². The normalized spacial score (nSPS) is 11.9. The van der Waals surface area contributed by atoms with Gasteiger partial charge in [0, 0.05) is 23.5 Å². The molecule has 8 heteroatoms. The predicted molar refractivity (Wildman–Crippen MR) is 105 cm³/mol. The first-order chi connectivity index (χ1) is 13.4. The van der Waals surface area contributed by atoms with Crippen LogP contribution in [-0.4, -0.2) is 51.2 Å². The Morgan fingerprint density at radius 1 is 0.786 bits per heavy atom. The Bertz CT molecular complexity index is 633. The molecule has 0 saturated heterocycles. The molecule has 0 aromatic heterocycles. The third kappa shape index (κ3) is 11.0. The maximum absolute atomic E-state index is 11.4. The second-order valence-electron chi connectivity index (χ2n) is 5.96. The fraction of sp³-hybridized carbons (Fsp3) is 0.400. The molecule has 0 atom stereocenters. The number of allylic oxidation sites excluding steroid dienone is 2. The molecule has 8 nitrogen and oxygen atoms in total. The molecule has 1 rings (SSSR count). The van der Waals surface area contributed by atoms with Crippen molar-refractivity contribution in [3.8, 4) is 11.5 Å². The van der Waals surface area contributed by atoms with E-state index in [2.05, 4.69) is 0 Å². The van der Waals surface area contributed by atoms with Crippen molar-refractivity contribution in [1.29, 1.82) is 0 Å². The summed E-state index contributed by atoms with van der Waals surface area (Å²) in [6.45, 7) is 4.19. The fourth-order valence-corrected chi connectivity index (χ4v) is 2.05. The van der Waals surface area contributed by atoms with Crippen LogP contribution in [0.4, 0.5) is 0 Å². The summed E-state index contributed by atoms with van der Waals surface area (Å²) in [6.07, 6.45) is 2.65. The van der Waals surface area contributed by atoms with Crippen LogP contribution in [0.15, 0.2) is 47.8 Å². The zero-order chi connectivity index (χ0) is 20.8. The number of ketones is 2. The molecule has 0 fully saturated rings. The molecule has 0 unspecified atom stereocenters. The first kappa shape index (κ1) is 23.2. The van der Waals surface area contributed by atoms with E-state index in [0.717, 1.165) is 0 Å². The van der Waals surface area contributed by atoms with Gasteiger partial charge in [0.15, 0.2) is 23.1 Å². The van der Waals surface area contributed by atoms with Crippen LogP contribution in [0.5, 0.6) is 11.5 Å². The Morgan fingerprint density at radius 2 is 1.18 bits per heavy atom. The molecule has 0 saturated carbocycles. The van der Waals surface area contributed by atoms with E-state index in [9.17, 15) is 9.59 Å². The van der Waals surface area contributed by atoms with Crippen LogP contribution in [0.3, 0.4) is 0 Å². The van der Waals surface area contributed by atoms with E-state index in [1.807, 2.05) is 12.1 Å². The summed E-state index contributed by atoms with van der Waals surface area (Å²) < 4.78 is 21.7. The molecular weight excluding hydrogens is 364 g/mol. The first-order valence-corrected chi connectivity index (χ1v) is 8.82. The minimum Gasteiger partial charge on any atom is -0.487 e. The molecule has 154 valence electrons. The van der Waals surface area contributed by atoms with Gasteiger partial charge in [-0.1, -0.05) is 12.1 Å². The highest BCUT2D eigenvalue weighted by atomic mass is 16.6. The van der Waals surface area contributed by atoms with Gasteiger partial charge in [-0.3, -0.25) is 9.59 Å². The van der Waals surface area contributed by atoms with E-state index in [1.165, 1.54) is 12.2 Å². The van der Waals surface area contributed by atoms with Gasteiger partial charge in [0.05, 0.1) is 13.2 Å². The van der Waals surface area contributed by atoms with Gasteiger partial charge in [-0.05, 0) is 26.0 Å². The smallest absolute Gasteiger partial charge is 0.182 e. The first-order valence-electron chi connectivity index (χ1n) is 8.82. The highest BCUT2D eigenvalue weighted by molar-refractivity contribution is 5.91. The minimum absolute atomic E-state index is 0.0506. The summed E-state index contributed by atoms with van der Waals surface area (Å²) in [5, 5.41) is 0. The zero-order valence-electron chi connectivity index (χ0n) is 16.3. The summed E-state index contributed by atoms with van der Waals surface area (Å²) in [5.41, 5.74) is 11.7. The summed E-state index contributed by atoms with van der Waals surface area (Å²) >= 11 is 0. The number of rotatable bonds is 14. The van der Waals surface area contributed by atoms with Gasteiger partial charge in [-0.15, -0.1) is 0 Å². The van der Waals surface area contributed by atoms with Crippen molar-refractivity contribution in [2.24, 2.45) is 11.5 Å². The Balaban J connectivity index is 2.28. The van der Waals surface area contributed by atoms with E-state index >= 15 is 0 Å². The standard InChI is InChI=1S/C20H28N2O6/c1-15(21)11-17(23)13-25-7-9-27-19-5-3-4-6-20(19)28-10-8-26-14-18(24)12-16(2)22/h3-6,11-12H,7-10,13-14,21-22H2,1-2H3/b15-11-,16-12-. The lowest BCUT2D eigenvalue weighted by Crippen LogP contribution is -2.14. The number of hydrogen-bond acceptors (Lipinski definition) is 8. The van der Waals surface area contributed by atoms with Crippen LogP contribution >= 0.6 is 0 Å². The monoisotopic (exact) mass is 392 g/mol. The van der Waals surface area contributed by atoms with Gasteiger partial charge in [-0.25, -0.2) is 0 Å². The van der Waals surface area contributed by atoms with E-state index in [4.69, 9.17) is 30.4 Å². The molecule has 28 heavy (non-hydrogen) atoms. The van der Waals surface area contributed by atoms with Crippen molar-refractivity contribution in [2.45, 2.75) is 13.8 Å². The van der Waals surface area contributed by atoms with Crippen LogP contribution in [-0.2, 0) is 19.1 Å². The molecule has 0 amide bonds. The minimum atomic E-state index is -0.195. The van der Waals surface area contributed by atoms with Crippen molar-refractivity contribution in [1.82, 2.24) is 0 Å². The summed E-state index contributed by atoms with van der Waals surface area (Å²) in [5.74, 6) is 0.708. The topological polar surface area (TPSA) is 123 Å². The van der Waals surface area contributed by atoms with Crippen LogP contribution in [0, 0.1) is 0 Å². The van der Waals surface area contributed by atoms with Crippen molar-refractivity contribution in [3.05, 3.63) is 47.8 Å². The molecule has 0 bridgehead atoms. The third-order valence-corrected chi connectivity index (χ3v) is 3.09. The second-order valence-corrected chi connectivity index (χ2v) is 5.96. The number of para-hydroxylation sites is 2. The van der Waals surface area contributed by atoms with E-state index in [-0.39, 0.29) is 51.2 Å². The lowest BCUT2D eigenvalue weighted by atomic mass is 10.3. The fourth-order valence-electron chi connectivity index (χ4n) is 2.05. The molecule has 0 aliphatic heterocycles. The van der Waals surface area contributed by atoms with Gasteiger partial charge >= 0.3 is 0 Å². The van der Waals surface area contributed by atoms with Gasteiger partial charge < -0.3 is 30.4 Å². The second kappa shape index (κ2) is 13.3. The highest BCUT2D eigenvalue weighted by Crippen LogP contribution is 2.26. The Morgan fingerprint density at radius 3 is 1.54 bits per heavy atom. The maximum Gasteiger partial charge on any atom is 0.182 e. The molecule has 0 aliphatic carbocycles. The third-order valence-electron chi connectivity index (χ3n) is 3.09. The van der Waals surface area contributed by atoms with Crippen LogP contribution in [0.25, 0.3) is 0 Å². The van der Waals surface area contributed by atoms with Gasteiger partial charge in [0.2, 0.25) is 0 Å². The number of carbonyl (C=O) groups excluding carboxylic acids is 2. The molecular formula is C20H28N2O6. The molecule has 0 spiro atoms. The summed E-state index contributed by atoms with van der Waals surface area (Å²) in [4.78, 5) is 22.8. The zero-order valence-corrected chi connectivity index (χ0v) is 16.3. The molecule has 1 aromatic rings. The number of carbonyl (C=O) groups is 2. The van der Waals surface area contributed by atoms with Gasteiger partial charge in [-0.2, -0.15) is 0 Å².